The van der Waals surface area contributed by atoms with E-state index in [9.17, 15) is 14.7 Å². The Bertz CT molecular complexity index is 1100. The molecule has 2 aromatic carbocycles. The molecule has 29 heavy (non-hydrogen) atoms. The first-order chi connectivity index (χ1) is 14.0. The molecule has 1 atom stereocenters. The van der Waals surface area contributed by atoms with Crippen molar-refractivity contribution in [2.75, 3.05) is 26.2 Å². The molecule has 1 aromatic heterocycles. The molecular formula is C23H24N2O4. The van der Waals surface area contributed by atoms with Gasteiger partial charge in [-0.05, 0) is 42.9 Å². The third-order valence-corrected chi connectivity index (χ3v) is 5.63. The van der Waals surface area contributed by atoms with Crippen molar-refractivity contribution in [1.82, 2.24) is 9.80 Å². The number of rotatable bonds is 6. The lowest BCUT2D eigenvalue weighted by molar-refractivity contribution is 0.0708. The zero-order valence-corrected chi connectivity index (χ0v) is 16.6. The van der Waals surface area contributed by atoms with Crippen molar-refractivity contribution in [3.8, 4) is 5.75 Å². The molecule has 1 unspecified atom stereocenters. The van der Waals surface area contributed by atoms with Crippen LogP contribution in [0.15, 0.2) is 57.7 Å². The highest BCUT2D eigenvalue weighted by atomic mass is 16.3. The lowest BCUT2D eigenvalue weighted by Gasteiger charge is -2.28. The topological polar surface area (TPSA) is 74.0 Å². The largest absolute Gasteiger partial charge is 0.508 e. The fourth-order valence-electron chi connectivity index (χ4n) is 3.99. The summed E-state index contributed by atoms with van der Waals surface area (Å²) in [6.45, 7) is 7.12. The van der Waals surface area contributed by atoms with Crippen molar-refractivity contribution in [3.63, 3.8) is 0 Å². The number of nitrogens with zero attached hydrogens (tertiary/aromatic N) is 2. The maximum Gasteiger partial charge on any atom is 0.290 e. The normalized spacial score (nSPS) is 16.0. The van der Waals surface area contributed by atoms with E-state index in [-0.39, 0.29) is 22.8 Å². The molecule has 1 amide bonds. The maximum absolute atomic E-state index is 13.3. The summed E-state index contributed by atoms with van der Waals surface area (Å²) in [5.74, 6) is -0.0158. The van der Waals surface area contributed by atoms with E-state index in [1.165, 1.54) is 0 Å². The second-order valence-electron chi connectivity index (χ2n) is 7.19. The van der Waals surface area contributed by atoms with E-state index in [1.807, 2.05) is 0 Å². The van der Waals surface area contributed by atoms with Crippen LogP contribution in [0.3, 0.4) is 0 Å². The van der Waals surface area contributed by atoms with E-state index in [1.54, 1.807) is 53.4 Å². The number of hydrogen-bond donors (Lipinski definition) is 1. The Morgan fingerprint density at radius 3 is 2.41 bits per heavy atom. The van der Waals surface area contributed by atoms with Crippen LogP contribution < -0.4 is 5.43 Å². The highest BCUT2D eigenvalue weighted by Gasteiger charge is 2.42. The standard InChI is InChI=1S/C23H24N2O4/c1-3-24(4-2)13-14-25-20(15-9-11-16(26)12-10-15)19-21(27)17-7-5-6-8-18(17)29-22(19)23(25)28/h5-12,20,26H,3-4,13-14H2,1-2H3. The fraction of sp³-hybridized carbons (Fsp3) is 0.304. The van der Waals surface area contributed by atoms with E-state index >= 15 is 0 Å². The van der Waals surface area contributed by atoms with Gasteiger partial charge < -0.3 is 19.3 Å². The molecule has 0 saturated heterocycles. The van der Waals surface area contributed by atoms with Gasteiger partial charge in [0.25, 0.3) is 5.91 Å². The Balaban J connectivity index is 1.85. The monoisotopic (exact) mass is 392 g/mol. The smallest absolute Gasteiger partial charge is 0.290 e. The van der Waals surface area contributed by atoms with Crippen molar-refractivity contribution < 1.29 is 14.3 Å². The summed E-state index contributed by atoms with van der Waals surface area (Å²) in [7, 11) is 0. The summed E-state index contributed by atoms with van der Waals surface area (Å²) >= 11 is 0. The Kier molecular flexibility index (Phi) is 5.11. The molecule has 150 valence electrons. The molecule has 1 N–H and O–H groups in total. The number of carbonyl (C=O) groups excluding carboxylic acids is 1. The minimum absolute atomic E-state index is 0.117. The Morgan fingerprint density at radius 2 is 1.72 bits per heavy atom. The average Bonchev–Trinajstić information content (AvgIpc) is 3.02. The molecule has 6 nitrogen and oxygen atoms in total. The van der Waals surface area contributed by atoms with Gasteiger partial charge in [-0.1, -0.05) is 38.1 Å². The van der Waals surface area contributed by atoms with E-state index < -0.39 is 6.04 Å². The molecule has 0 spiro atoms. The van der Waals surface area contributed by atoms with Gasteiger partial charge in [0.1, 0.15) is 11.3 Å². The van der Waals surface area contributed by atoms with Crippen molar-refractivity contribution in [1.29, 1.82) is 0 Å². The Morgan fingerprint density at radius 1 is 1.03 bits per heavy atom. The van der Waals surface area contributed by atoms with Crippen LogP contribution in [0, 0.1) is 0 Å². The third kappa shape index (κ3) is 3.29. The average molecular weight is 392 g/mol. The molecular weight excluding hydrogens is 368 g/mol. The van der Waals surface area contributed by atoms with E-state index in [0.29, 0.717) is 29.6 Å². The second kappa shape index (κ2) is 7.72. The van der Waals surface area contributed by atoms with Crippen LogP contribution in [0.1, 0.15) is 41.6 Å². The Labute approximate surface area is 169 Å². The fourth-order valence-corrected chi connectivity index (χ4v) is 3.99. The van der Waals surface area contributed by atoms with Crippen LogP contribution in [0.25, 0.3) is 11.0 Å². The number of hydrogen-bond acceptors (Lipinski definition) is 5. The number of likely N-dealkylation sites (N-methyl/N-ethyl adjacent to an activating group) is 1. The van der Waals surface area contributed by atoms with Crippen LogP contribution in [-0.2, 0) is 0 Å². The highest BCUT2D eigenvalue weighted by molar-refractivity contribution is 5.99. The third-order valence-electron chi connectivity index (χ3n) is 5.63. The van der Waals surface area contributed by atoms with E-state index in [2.05, 4.69) is 18.7 Å². The first kappa shape index (κ1) is 19.2. The number of benzene rings is 2. The lowest BCUT2D eigenvalue weighted by Crippen LogP contribution is -2.37. The van der Waals surface area contributed by atoms with Crippen LogP contribution in [0.2, 0.25) is 0 Å². The van der Waals surface area contributed by atoms with Crippen LogP contribution in [0.5, 0.6) is 5.75 Å². The molecule has 6 heteroatoms. The summed E-state index contributed by atoms with van der Waals surface area (Å²) in [5.41, 5.74) is 1.38. The first-order valence-corrected chi connectivity index (χ1v) is 9.93. The van der Waals surface area contributed by atoms with Crippen molar-refractivity contribution >= 4 is 16.9 Å². The SMILES string of the molecule is CCN(CC)CCN1C(=O)c2oc3ccccc3c(=O)c2C1c1ccc(O)cc1. The molecule has 0 radical (unpaired) electrons. The number of phenolic OH excluding ortho intramolecular Hbond substituents is 1. The van der Waals surface area contributed by atoms with Crippen molar-refractivity contribution in [2.24, 2.45) is 0 Å². The molecule has 1 aliphatic heterocycles. The first-order valence-electron chi connectivity index (χ1n) is 9.93. The van der Waals surface area contributed by atoms with Gasteiger partial charge in [-0.15, -0.1) is 0 Å². The van der Waals surface area contributed by atoms with Gasteiger partial charge in [-0.2, -0.15) is 0 Å². The Hall–Kier alpha value is -3.12. The maximum atomic E-state index is 13.3. The number of fused-ring (bicyclic) bond motifs is 2. The van der Waals surface area contributed by atoms with Crippen molar-refractivity contribution in [2.45, 2.75) is 19.9 Å². The second-order valence-corrected chi connectivity index (χ2v) is 7.19. The molecule has 3 aromatic rings. The van der Waals surface area contributed by atoms with Gasteiger partial charge in [0, 0.05) is 13.1 Å². The number of para-hydroxylation sites is 1. The minimum Gasteiger partial charge on any atom is -0.508 e. The molecule has 2 heterocycles. The summed E-state index contributed by atoms with van der Waals surface area (Å²) in [6.07, 6.45) is 0. The van der Waals surface area contributed by atoms with Gasteiger partial charge in [0.15, 0.2) is 5.43 Å². The number of carbonyl (C=O) groups is 1. The zero-order valence-electron chi connectivity index (χ0n) is 16.6. The minimum atomic E-state index is -0.533. The summed E-state index contributed by atoms with van der Waals surface area (Å²) in [6, 6.07) is 13.1. The molecule has 0 saturated carbocycles. The molecule has 1 aliphatic rings. The number of phenols is 1. The molecule has 0 aliphatic carbocycles. The summed E-state index contributed by atoms with van der Waals surface area (Å²) in [5, 5.41) is 10.1. The van der Waals surface area contributed by atoms with E-state index in [0.717, 1.165) is 18.7 Å². The van der Waals surface area contributed by atoms with Crippen molar-refractivity contribution in [3.05, 3.63) is 75.6 Å². The predicted molar refractivity (Wildman–Crippen MR) is 111 cm³/mol. The van der Waals surface area contributed by atoms with Gasteiger partial charge in [0.05, 0.1) is 17.0 Å². The predicted octanol–water partition coefficient (Wildman–Crippen LogP) is 3.39. The van der Waals surface area contributed by atoms with Gasteiger partial charge in [0.2, 0.25) is 5.76 Å². The molecule has 0 fully saturated rings. The lowest BCUT2D eigenvalue weighted by atomic mass is 9.98. The highest BCUT2D eigenvalue weighted by Crippen LogP contribution is 2.38. The van der Waals surface area contributed by atoms with Crippen LogP contribution in [-0.4, -0.2) is 47.0 Å². The number of amides is 1. The summed E-state index contributed by atoms with van der Waals surface area (Å²) in [4.78, 5) is 30.5. The van der Waals surface area contributed by atoms with Crippen LogP contribution >= 0.6 is 0 Å². The summed E-state index contributed by atoms with van der Waals surface area (Å²) < 4.78 is 5.91. The molecule has 0 bridgehead atoms. The number of aromatic hydroxyl groups is 1. The van der Waals surface area contributed by atoms with Gasteiger partial charge in [-0.3, -0.25) is 9.59 Å². The zero-order chi connectivity index (χ0) is 20.5. The quantitative estimate of drug-likeness (QED) is 0.696. The van der Waals surface area contributed by atoms with E-state index in [4.69, 9.17) is 4.42 Å². The van der Waals surface area contributed by atoms with Gasteiger partial charge in [-0.25, -0.2) is 0 Å². The van der Waals surface area contributed by atoms with Gasteiger partial charge >= 0.3 is 0 Å². The van der Waals surface area contributed by atoms with Crippen LogP contribution in [0.4, 0.5) is 0 Å². The molecule has 4 rings (SSSR count).